The highest BCUT2D eigenvalue weighted by Gasteiger charge is 2.24. The summed E-state index contributed by atoms with van der Waals surface area (Å²) in [6.07, 6.45) is 7.39. The Morgan fingerprint density at radius 3 is 2.73 bits per heavy atom. The summed E-state index contributed by atoms with van der Waals surface area (Å²) >= 11 is 0. The number of piperidine rings is 1. The smallest absolute Gasteiger partial charge is 0.222 e. The van der Waals surface area contributed by atoms with Crippen molar-refractivity contribution >= 4 is 27.5 Å². The highest BCUT2D eigenvalue weighted by molar-refractivity contribution is 8.77. The summed E-state index contributed by atoms with van der Waals surface area (Å²) in [5, 5.41) is 0.817. The molecule has 3 rings (SSSR count). The summed E-state index contributed by atoms with van der Waals surface area (Å²) in [7, 11) is 4.02. The second-order valence-electron chi connectivity index (χ2n) is 7.17. The molecule has 2 aliphatic heterocycles. The molecule has 0 bridgehead atoms. The topological polar surface area (TPSA) is 55.3 Å². The quantitative estimate of drug-likeness (QED) is 0.510. The van der Waals surface area contributed by atoms with Crippen molar-refractivity contribution in [2.24, 2.45) is 0 Å². The molecule has 0 radical (unpaired) electrons. The van der Waals surface area contributed by atoms with Gasteiger partial charge in [0.15, 0.2) is 0 Å². The van der Waals surface area contributed by atoms with Crippen molar-refractivity contribution in [1.29, 1.82) is 0 Å². The van der Waals surface area contributed by atoms with Crippen molar-refractivity contribution in [3.63, 3.8) is 0 Å². The molecule has 7 heteroatoms. The van der Waals surface area contributed by atoms with E-state index in [4.69, 9.17) is 4.74 Å². The molecule has 2 saturated heterocycles. The second-order valence-corrected chi connectivity index (χ2v) is 9.95. The van der Waals surface area contributed by atoms with Crippen LogP contribution in [0.2, 0.25) is 0 Å². The van der Waals surface area contributed by atoms with Gasteiger partial charge in [0.25, 0.3) is 0 Å². The summed E-state index contributed by atoms with van der Waals surface area (Å²) in [6.45, 7) is 5.42. The van der Waals surface area contributed by atoms with Crippen molar-refractivity contribution in [2.75, 3.05) is 18.8 Å². The van der Waals surface area contributed by atoms with E-state index in [0.29, 0.717) is 18.2 Å². The number of hydrogen-bond acceptors (Lipinski definition) is 6. The molecule has 2 fully saturated rings. The summed E-state index contributed by atoms with van der Waals surface area (Å²) in [4.78, 5) is 23.0. The SMILES string of the molecule is Cc1cc(OC2CCN(C(=O)CCCC[C@@H]3CCSS3)CC2)nc(C)n1. The largest absolute Gasteiger partial charge is 0.474 e. The molecular formula is C19H29N3O2S2. The Hall–Kier alpha value is -0.950. The van der Waals surface area contributed by atoms with Crippen molar-refractivity contribution in [3.8, 4) is 5.88 Å². The number of rotatable bonds is 7. The molecule has 1 aromatic rings. The molecule has 26 heavy (non-hydrogen) atoms. The van der Waals surface area contributed by atoms with Gasteiger partial charge in [-0.25, -0.2) is 4.98 Å². The third kappa shape index (κ3) is 6.05. The van der Waals surface area contributed by atoms with Gasteiger partial charge < -0.3 is 9.64 Å². The van der Waals surface area contributed by atoms with Gasteiger partial charge in [-0.15, -0.1) is 0 Å². The molecule has 0 aromatic carbocycles. The predicted molar refractivity (Wildman–Crippen MR) is 109 cm³/mol. The van der Waals surface area contributed by atoms with Crippen LogP contribution in [-0.2, 0) is 4.79 Å². The van der Waals surface area contributed by atoms with Gasteiger partial charge >= 0.3 is 0 Å². The first-order valence-electron chi connectivity index (χ1n) is 9.65. The van der Waals surface area contributed by atoms with Gasteiger partial charge in [-0.2, -0.15) is 4.98 Å². The van der Waals surface area contributed by atoms with E-state index in [1.165, 1.54) is 25.0 Å². The van der Waals surface area contributed by atoms with Crippen molar-refractivity contribution in [2.45, 2.75) is 70.1 Å². The van der Waals surface area contributed by atoms with Crippen LogP contribution in [-0.4, -0.2) is 51.0 Å². The van der Waals surface area contributed by atoms with Gasteiger partial charge in [0.05, 0.1) is 0 Å². The molecule has 0 aliphatic carbocycles. The first-order chi connectivity index (χ1) is 12.6. The van der Waals surface area contributed by atoms with E-state index >= 15 is 0 Å². The predicted octanol–water partition coefficient (Wildman–Crippen LogP) is 4.18. The second kappa shape index (κ2) is 9.83. The molecule has 0 N–H and O–H groups in total. The Bertz CT molecular complexity index is 580. The number of amides is 1. The molecule has 3 heterocycles. The zero-order valence-electron chi connectivity index (χ0n) is 15.8. The van der Waals surface area contributed by atoms with Gasteiger partial charge in [0.2, 0.25) is 11.8 Å². The van der Waals surface area contributed by atoms with E-state index in [1.807, 2.05) is 46.4 Å². The molecule has 1 aromatic heterocycles. The Balaban J connectivity index is 1.34. The van der Waals surface area contributed by atoms with Gasteiger partial charge in [-0.05, 0) is 33.1 Å². The van der Waals surface area contributed by atoms with Crippen LogP contribution in [0.5, 0.6) is 5.88 Å². The van der Waals surface area contributed by atoms with Crippen LogP contribution in [0.25, 0.3) is 0 Å². The normalized spacial score (nSPS) is 21.2. The lowest BCUT2D eigenvalue weighted by molar-refractivity contribution is -0.133. The number of unbranched alkanes of at least 4 members (excludes halogenated alkanes) is 1. The molecular weight excluding hydrogens is 366 g/mol. The van der Waals surface area contributed by atoms with Gasteiger partial charge in [-0.3, -0.25) is 4.79 Å². The first kappa shape index (κ1) is 19.8. The van der Waals surface area contributed by atoms with E-state index in [2.05, 4.69) is 9.97 Å². The molecule has 0 unspecified atom stereocenters. The van der Waals surface area contributed by atoms with Crippen LogP contribution in [0.3, 0.4) is 0 Å². The molecule has 0 saturated carbocycles. The molecule has 2 aliphatic rings. The average Bonchev–Trinajstić information content (AvgIpc) is 3.12. The maximum atomic E-state index is 12.4. The molecule has 1 atom stereocenters. The zero-order chi connectivity index (χ0) is 18.4. The fourth-order valence-corrected chi connectivity index (χ4v) is 6.54. The fourth-order valence-electron chi connectivity index (χ4n) is 3.51. The molecule has 1 amide bonds. The summed E-state index contributed by atoms with van der Waals surface area (Å²) in [5.74, 6) is 3.00. The summed E-state index contributed by atoms with van der Waals surface area (Å²) in [5.41, 5.74) is 0.926. The maximum absolute atomic E-state index is 12.4. The van der Waals surface area contributed by atoms with Crippen LogP contribution in [0.15, 0.2) is 6.07 Å². The minimum Gasteiger partial charge on any atom is -0.474 e. The van der Waals surface area contributed by atoms with Crippen LogP contribution in [0.4, 0.5) is 0 Å². The molecule has 5 nitrogen and oxygen atoms in total. The minimum absolute atomic E-state index is 0.143. The Morgan fingerprint density at radius 2 is 2.04 bits per heavy atom. The van der Waals surface area contributed by atoms with E-state index < -0.39 is 0 Å². The highest BCUT2D eigenvalue weighted by atomic mass is 33.1. The molecule has 144 valence electrons. The number of likely N-dealkylation sites (tertiary alicyclic amines) is 1. The Morgan fingerprint density at radius 1 is 1.23 bits per heavy atom. The number of carbonyl (C=O) groups excluding carboxylic acids is 1. The standard InChI is InChI=1S/C19H29N3O2S2/c1-14-13-18(21-15(2)20-14)24-16-7-10-22(11-8-16)19(23)6-4-3-5-17-9-12-25-26-17/h13,16-17H,3-12H2,1-2H3/t17-/m1/s1. The molecule has 0 spiro atoms. The van der Waals surface area contributed by atoms with Crippen molar-refractivity contribution in [3.05, 3.63) is 17.6 Å². The third-order valence-corrected chi connectivity index (χ3v) is 7.93. The fraction of sp³-hybridized carbons (Fsp3) is 0.737. The number of carbonyl (C=O) groups is 1. The third-order valence-electron chi connectivity index (χ3n) is 4.92. The number of ether oxygens (including phenoxy) is 1. The van der Waals surface area contributed by atoms with E-state index in [9.17, 15) is 4.79 Å². The Kier molecular flexibility index (Phi) is 7.49. The highest BCUT2D eigenvalue weighted by Crippen LogP contribution is 2.39. The first-order valence-corrected chi connectivity index (χ1v) is 12.0. The van der Waals surface area contributed by atoms with Crippen molar-refractivity contribution < 1.29 is 9.53 Å². The van der Waals surface area contributed by atoms with E-state index in [0.717, 1.165) is 49.1 Å². The van der Waals surface area contributed by atoms with Gasteiger partial charge in [0, 0.05) is 55.1 Å². The summed E-state index contributed by atoms with van der Waals surface area (Å²) in [6, 6.07) is 1.88. The lowest BCUT2D eigenvalue weighted by Crippen LogP contribution is -2.41. The summed E-state index contributed by atoms with van der Waals surface area (Å²) < 4.78 is 6.01. The maximum Gasteiger partial charge on any atom is 0.222 e. The Labute approximate surface area is 164 Å². The van der Waals surface area contributed by atoms with Gasteiger partial charge in [-0.1, -0.05) is 28.0 Å². The van der Waals surface area contributed by atoms with Crippen LogP contribution in [0, 0.1) is 13.8 Å². The number of nitrogens with zero attached hydrogens (tertiary/aromatic N) is 3. The van der Waals surface area contributed by atoms with Crippen LogP contribution < -0.4 is 4.74 Å². The van der Waals surface area contributed by atoms with E-state index in [-0.39, 0.29) is 6.10 Å². The van der Waals surface area contributed by atoms with Gasteiger partial charge in [0.1, 0.15) is 11.9 Å². The van der Waals surface area contributed by atoms with Crippen LogP contribution >= 0.6 is 21.6 Å². The average molecular weight is 396 g/mol. The number of aryl methyl sites for hydroxylation is 2. The zero-order valence-corrected chi connectivity index (χ0v) is 17.4. The lowest BCUT2D eigenvalue weighted by atomic mass is 10.1. The van der Waals surface area contributed by atoms with Crippen LogP contribution in [0.1, 0.15) is 56.5 Å². The number of aromatic nitrogens is 2. The minimum atomic E-state index is 0.143. The lowest BCUT2D eigenvalue weighted by Gasteiger charge is -2.32. The monoisotopic (exact) mass is 395 g/mol. The van der Waals surface area contributed by atoms with Crippen molar-refractivity contribution in [1.82, 2.24) is 14.9 Å². The number of hydrogen-bond donors (Lipinski definition) is 0. The van der Waals surface area contributed by atoms with E-state index in [1.54, 1.807) is 0 Å².